The molecule has 0 aliphatic rings. The summed E-state index contributed by atoms with van der Waals surface area (Å²) in [4.78, 5) is 10.6. The van der Waals surface area contributed by atoms with Crippen LogP contribution in [0.3, 0.4) is 0 Å². The van der Waals surface area contributed by atoms with Crippen molar-refractivity contribution in [2.24, 2.45) is 12.8 Å². The molecule has 1 rings (SSSR count). The van der Waals surface area contributed by atoms with Crippen molar-refractivity contribution in [3.05, 3.63) is 11.8 Å². The van der Waals surface area contributed by atoms with Gasteiger partial charge in [-0.3, -0.25) is 4.79 Å². The lowest BCUT2D eigenvalue weighted by atomic mass is 10.4. The standard InChI is InChI=1S/C6H9N3O2/c1-9-5(11-2)3-4(8-9)6(7)10/h3H,1-2H3,(H2,7,10). The fourth-order valence-electron chi connectivity index (χ4n) is 0.762. The second kappa shape index (κ2) is 2.61. The van der Waals surface area contributed by atoms with Gasteiger partial charge in [-0.15, -0.1) is 0 Å². The number of primary amides is 1. The number of ether oxygens (including phenoxy) is 1. The van der Waals surface area contributed by atoms with Crippen molar-refractivity contribution in [2.75, 3.05) is 7.11 Å². The van der Waals surface area contributed by atoms with Crippen molar-refractivity contribution in [2.45, 2.75) is 0 Å². The lowest BCUT2D eigenvalue weighted by Crippen LogP contribution is -2.11. The van der Waals surface area contributed by atoms with Gasteiger partial charge in [0, 0.05) is 13.1 Å². The van der Waals surface area contributed by atoms with Crippen LogP contribution in [0.15, 0.2) is 6.07 Å². The van der Waals surface area contributed by atoms with Crippen molar-refractivity contribution < 1.29 is 9.53 Å². The van der Waals surface area contributed by atoms with E-state index in [-0.39, 0.29) is 5.69 Å². The number of nitrogens with two attached hydrogens (primary N) is 1. The van der Waals surface area contributed by atoms with Gasteiger partial charge in [0.2, 0.25) is 5.88 Å². The van der Waals surface area contributed by atoms with Crippen LogP contribution in [0.2, 0.25) is 0 Å². The molecule has 0 radical (unpaired) electrons. The van der Waals surface area contributed by atoms with Gasteiger partial charge in [-0.05, 0) is 0 Å². The maximum atomic E-state index is 10.6. The topological polar surface area (TPSA) is 70.1 Å². The Bertz CT molecular complexity index is 279. The number of hydrogen-bond acceptors (Lipinski definition) is 3. The van der Waals surface area contributed by atoms with Crippen LogP contribution in [0, 0.1) is 0 Å². The van der Waals surface area contributed by atoms with Crippen LogP contribution in [-0.2, 0) is 7.05 Å². The highest BCUT2D eigenvalue weighted by molar-refractivity contribution is 5.91. The van der Waals surface area contributed by atoms with Crippen LogP contribution >= 0.6 is 0 Å². The van der Waals surface area contributed by atoms with E-state index in [1.54, 1.807) is 7.05 Å². The molecule has 1 heterocycles. The number of methoxy groups -OCH3 is 1. The lowest BCUT2D eigenvalue weighted by Gasteiger charge is -1.95. The van der Waals surface area contributed by atoms with Gasteiger partial charge in [0.1, 0.15) is 0 Å². The first-order chi connectivity index (χ1) is 5.15. The van der Waals surface area contributed by atoms with Crippen LogP contribution in [0.4, 0.5) is 0 Å². The third-order valence-electron chi connectivity index (χ3n) is 1.30. The highest BCUT2D eigenvalue weighted by atomic mass is 16.5. The third kappa shape index (κ3) is 1.31. The van der Waals surface area contributed by atoms with Gasteiger partial charge in [-0.25, -0.2) is 4.68 Å². The van der Waals surface area contributed by atoms with Gasteiger partial charge in [-0.2, -0.15) is 5.10 Å². The average Bonchev–Trinajstić information content (AvgIpc) is 2.31. The second-order valence-electron chi connectivity index (χ2n) is 2.06. The van der Waals surface area contributed by atoms with E-state index in [1.807, 2.05) is 0 Å². The third-order valence-corrected chi connectivity index (χ3v) is 1.30. The molecule has 1 amide bonds. The van der Waals surface area contributed by atoms with E-state index >= 15 is 0 Å². The Kier molecular flexibility index (Phi) is 1.80. The Hall–Kier alpha value is -1.52. The van der Waals surface area contributed by atoms with Crippen LogP contribution in [0.5, 0.6) is 5.88 Å². The molecule has 5 nitrogen and oxygen atoms in total. The Morgan fingerprint density at radius 2 is 2.45 bits per heavy atom. The van der Waals surface area contributed by atoms with Gasteiger partial charge < -0.3 is 10.5 Å². The molecule has 60 valence electrons. The quantitative estimate of drug-likeness (QED) is 0.627. The molecule has 2 N–H and O–H groups in total. The minimum atomic E-state index is -0.552. The normalized spacial score (nSPS) is 9.64. The molecular weight excluding hydrogens is 146 g/mol. The lowest BCUT2D eigenvalue weighted by molar-refractivity contribution is 0.0995. The predicted molar refractivity (Wildman–Crippen MR) is 38.3 cm³/mol. The van der Waals surface area contributed by atoms with Crippen molar-refractivity contribution in [1.82, 2.24) is 9.78 Å². The smallest absolute Gasteiger partial charge is 0.269 e. The number of rotatable bonds is 2. The van der Waals surface area contributed by atoms with E-state index in [0.717, 1.165) is 0 Å². The molecule has 0 aromatic carbocycles. The first-order valence-corrected chi connectivity index (χ1v) is 3.03. The summed E-state index contributed by atoms with van der Waals surface area (Å²) in [6, 6.07) is 1.49. The summed E-state index contributed by atoms with van der Waals surface area (Å²) >= 11 is 0. The number of aromatic nitrogens is 2. The number of carbonyl (C=O) groups is 1. The molecule has 0 fully saturated rings. The van der Waals surface area contributed by atoms with Crippen molar-refractivity contribution in [1.29, 1.82) is 0 Å². The molecule has 0 atom stereocenters. The predicted octanol–water partition coefficient (Wildman–Crippen LogP) is -0.472. The average molecular weight is 155 g/mol. The van der Waals surface area contributed by atoms with Gasteiger partial charge in [0.15, 0.2) is 5.69 Å². The number of carbonyl (C=O) groups excluding carboxylic acids is 1. The first kappa shape index (κ1) is 7.59. The van der Waals surface area contributed by atoms with Gasteiger partial charge in [0.05, 0.1) is 7.11 Å². The van der Waals surface area contributed by atoms with Crippen LogP contribution in [0.25, 0.3) is 0 Å². The van der Waals surface area contributed by atoms with E-state index in [2.05, 4.69) is 5.10 Å². The summed E-state index contributed by atoms with van der Waals surface area (Å²) in [6.07, 6.45) is 0. The summed E-state index contributed by atoms with van der Waals surface area (Å²) in [5.41, 5.74) is 5.19. The molecule has 0 saturated carbocycles. The summed E-state index contributed by atoms with van der Waals surface area (Å²) < 4.78 is 6.31. The van der Waals surface area contributed by atoms with Crippen molar-refractivity contribution in [3.8, 4) is 5.88 Å². The van der Waals surface area contributed by atoms with E-state index in [4.69, 9.17) is 10.5 Å². The highest BCUT2D eigenvalue weighted by Gasteiger charge is 2.08. The first-order valence-electron chi connectivity index (χ1n) is 3.03. The number of amides is 1. The number of nitrogens with zero attached hydrogens (tertiary/aromatic N) is 2. The zero-order valence-electron chi connectivity index (χ0n) is 6.37. The summed E-state index contributed by atoms with van der Waals surface area (Å²) in [7, 11) is 3.17. The van der Waals surface area contributed by atoms with Crippen LogP contribution in [0.1, 0.15) is 10.5 Å². The number of hydrogen-bond donors (Lipinski definition) is 1. The van der Waals surface area contributed by atoms with Crippen molar-refractivity contribution >= 4 is 5.91 Å². The van der Waals surface area contributed by atoms with Gasteiger partial charge in [0.25, 0.3) is 5.91 Å². The second-order valence-corrected chi connectivity index (χ2v) is 2.06. The molecule has 1 aromatic rings. The Labute approximate surface area is 63.7 Å². The number of aryl methyl sites for hydroxylation is 1. The van der Waals surface area contributed by atoms with Crippen LogP contribution < -0.4 is 10.5 Å². The highest BCUT2D eigenvalue weighted by Crippen LogP contribution is 2.09. The molecule has 0 unspecified atom stereocenters. The maximum Gasteiger partial charge on any atom is 0.269 e. The van der Waals surface area contributed by atoms with E-state index in [0.29, 0.717) is 5.88 Å². The molecule has 11 heavy (non-hydrogen) atoms. The summed E-state index contributed by atoms with van der Waals surface area (Å²) in [5.74, 6) is -0.0392. The monoisotopic (exact) mass is 155 g/mol. The van der Waals surface area contributed by atoms with Gasteiger partial charge >= 0.3 is 0 Å². The minimum Gasteiger partial charge on any atom is -0.481 e. The Morgan fingerprint density at radius 3 is 2.73 bits per heavy atom. The van der Waals surface area contributed by atoms with Gasteiger partial charge in [-0.1, -0.05) is 0 Å². The molecule has 0 spiro atoms. The Balaban J connectivity index is 3.05. The van der Waals surface area contributed by atoms with E-state index in [1.165, 1.54) is 17.9 Å². The molecule has 0 aliphatic carbocycles. The summed E-state index contributed by atoms with van der Waals surface area (Å²) in [5, 5.41) is 3.80. The maximum absolute atomic E-state index is 10.6. The van der Waals surface area contributed by atoms with Crippen LogP contribution in [-0.4, -0.2) is 22.8 Å². The molecule has 5 heteroatoms. The molecule has 0 saturated heterocycles. The Morgan fingerprint density at radius 1 is 1.82 bits per heavy atom. The molecular formula is C6H9N3O2. The largest absolute Gasteiger partial charge is 0.481 e. The van der Waals surface area contributed by atoms with Crippen molar-refractivity contribution in [3.63, 3.8) is 0 Å². The zero-order valence-corrected chi connectivity index (χ0v) is 6.37. The van der Waals surface area contributed by atoms with E-state index in [9.17, 15) is 4.79 Å². The fourth-order valence-corrected chi connectivity index (χ4v) is 0.762. The fraction of sp³-hybridized carbons (Fsp3) is 0.333. The molecule has 0 aliphatic heterocycles. The minimum absolute atomic E-state index is 0.212. The SMILES string of the molecule is COc1cc(C(N)=O)nn1C. The molecule has 1 aromatic heterocycles. The zero-order chi connectivity index (χ0) is 8.43. The van der Waals surface area contributed by atoms with E-state index < -0.39 is 5.91 Å². The summed E-state index contributed by atoms with van der Waals surface area (Å²) in [6.45, 7) is 0. The molecule has 0 bridgehead atoms.